The topological polar surface area (TPSA) is 71.1 Å². The normalized spacial score (nSPS) is 11.2. The van der Waals surface area contributed by atoms with Crippen molar-refractivity contribution in [3.63, 3.8) is 0 Å². The number of hydrogen-bond acceptors (Lipinski definition) is 4. The first-order valence-corrected chi connectivity index (χ1v) is 8.23. The minimum Gasteiger partial charge on any atom is -0.372 e. The van der Waals surface area contributed by atoms with Crippen LogP contribution in [0.3, 0.4) is 0 Å². The third-order valence-electron chi connectivity index (χ3n) is 2.79. The molecule has 0 saturated heterocycles. The van der Waals surface area contributed by atoms with Crippen LogP contribution in [0.4, 0.5) is 15.9 Å². The second-order valence-corrected chi connectivity index (χ2v) is 6.88. The molecule has 8 heteroatoms. The summed E-state index contributed by atoms with van der Waals surface area (Å²) in [6.07, 6.45) is 1.48. The molecule has 0 aliphatic carbocycles. The van der Waals surface area contributed by atoms with E-state index in [1.807, 2.05) is 0 Å². The molecule has 2 rings (SSSR count). The SMILES string of the molecule is CNc1ncc(Br)cc1S(=O)(=O)Nc1cc(F)ccc1C. The fourth-order valence-corrected chi connectivity index (χ4v) is 3.51. The molecule has 0 atom stereocenters. The largest absolute Gasteiger partial charge is 0.372 e. The number of aromatic nitrogens is 1. The number of rotatable bonds is 4. The van der Waals surface area contributed by atoms with Gasteiger partial charge in [0.05, 0.1) is 5.69 Å². The number of nitrogens with one attached hydrogen (secondary N) is 2. The van der Waals surface area contributed by atoms with Gasteiger partial charge in [0, 0.05) is 17.7 Å². The molecule has 2 N–H and O–H groups in total. The Morgan fingerprint density at radius 2 is 2.00 bits per heavy atom. The zero-order valence-corrected chi connectivity index (χ0v) is 13.7. The first-order valence-electron chi connectivity index (χ1n) is 5.96. The molecule has 0 unspecified atom stereocenters. The Balaban J connectivity index is 2.48. The van der Waals surface area contributed by atoms with Crippen LogP contribution in [0.25, 0.3) is 0 Å². The highest BCUT2D eigenvalue weighted by Gasteiger charge is 2.21. The lowest BCUT2D eigenvalue weighted by Crippen LogP contribution is -2.16. The molecule has 2 aromatic rings. The Morgan fingerprint density at radius 3 is 2.67 bits per heavy atom. The van der Waals surface area contributed by atoms with Gasteiger partial charge < -0.3 is 5.32 Å². The number of anilines is 2. The lowest BCUT2D eigenvalue weighted by Gasteiger charge is -2.13. The highest BCUT2D eigenvalue weighted by atomic mass is 79.9. The molecule has 0 saturated carbocycles. The van der Waals surface area contributed by atoms with Crippen molar-refractivity contribution >= 4 is 37.5 Å². The monoisotopic (exact) mass is 373 g/mol. The average molecular weight is 374 g/mol. The molecule has 112 valence electrons. The maximum Gasteiger partial charge on any atom is 0.265 e. The summed E-state index contributed by atoms with van der Waals surface area (Å²) in [4.78, 5) is 3.97. The van der Waals surface area contributed by atoms with Gasteiger partial charge in [0.25, 0.3) is 10.0 Å². The van der Waals surface area contributed by atoms with Crippen LogP contribution >= 0.6 is 15.9 Å². The summed E-state index contributed by atoms with van der Waals surface area (Å²) in [5, 5.41) is 2.72. The standard InChI is InChI=1S/C13H13BrFN3O2S/c1-8-3-4-10(15)6-11(8)18-21(19,20)12-5-9(14)7-17-13(12)16-2/h3-7,18H,1-2H3,(H,16,17). The van der Waals surface area contributed by atoms with Gasteiger partial charge in [-0.25, -0.2) is 17.8 Å². The molecule has 0 fully saturated rings. The van der Waals surface area contributed by atoms with Crippen LogP contribution in [0.15, 0.2) is 39.8 Å². The predicted molar refractivity (Wildman–Crippen MR) is 83.4 cm³/mol. The fraction of sp³-hybridized carbons (Fsp3) is 0.154. The van der Waals surface area contributed by atoms with E-state index >= 15 is 0 Å². The van der Waals surface area contributed by atoms with E-state index in [9.17, 15) is 12.8 Å². The lowest BCUT2D eigenvalue weighted by atomic mass is 10.2. The summed E-state index contributed by atoms with van der Waals surface area (Å²) in [6.45, 7) is 1.69. The van der Waals surface area contributed by atoms with Crippen molar-refractivity contribution in [2.45, 2.75) is 11.8 Å². The third kappa shape index (κ3) is 3.51. The smallest absolute Gasteiger partial charge is 0.265 e. The highest BCUT2D eigenvalue weighted by Crippen LogP contribution is 2.26. The van der Waals surface area contributed by atoms with E-state index in [-0.39, 0.29) is 16.4 Å². The number of nitrogens with zero attached hydrogens (tertiary/aromatic N) is 1. The molecule has 5 nitrogen and oxygen atoms in total. The summed E-state index contributed by atoms with van der Waals surface area (Å²) in [5.74, 6) is -0.306. The third-order valence-corrected chi connectivity index (χ3v) is 4.60. The summed E-state index contributed by atoms with van der Waals surface area (Å²) in [7, 11) is -2.32. The number of sulfonamides is 1. The van der Waals surface area contributed by atoms with Gasteiger partial charge in [-0.2, -0.15) is 0 Å². The van der Waals surface area contributed by atoms with Gasteiger partial charge in [-0.3, -0.25) is 4.72 Å². The van der Waals surface area contributed by atoms with Crippen LogP contribution in [-0.2, 0) is 10.0 Å². The van der Waals surface area contributed by atoms with Gasteiger partial charge in [0.2, 0.25) is 0 Å². The Kier molecular flexibility index (Phi) is 4.48. The van der Waals surface area contributed by atoms with Gasteiger partial charge in [0.15, 0.2) is 0 Å². The molecule has 0 aliphatic rings. The van der Waals surface area contributed by atoms with Crippen LogP contribution in [0, 0.1) is 12.7 Å². The summed E-state index contributed by atoms with van der Waals surface area (Å²) in [5.41, 5.74) is 0.811. The molecule has 0 bridgehead atoms. The van der Waals surface area contributed by atoms with Crippen molar-refractivity contribution in [2.24, 2.45) is 0 Å². The molecule has 21 heavy (non-hydrogen) atoms. The Bertz CT molecular complexity index is 781. The first-order chi connectivity index (χ1) is 9.83. The second-order valence-electron chi connectivity index (χ2n) is 4.32. The molecular formula is C13H13BrFN3O2S. The van der Waals surface area contributed by atoms with E-state index in [2.05, 4.69) is 31.0 Å². The quantitative estimate of drug-likeness (QED) is 0.863. The Hall–Kier alpha value is -1.67. The van der Waals surface area contributed by atoms with Crippen LogP contribution in [0.1, 0.15) is 5.56 Å². The summed E-state index contributed by atoms with van der Waals surface area (Å²) < 4.78 is 41.1. The van der Waals surface area contributed by atoms with E-state index in [4.69, 9.17) is 0 Å². The molecule has 0 radical (unpaired) electrons. The van der Waals surface area contributed by atoms with Crippen molar-refractivity contribution in [3.8, 4) is 0 Å². The first kappa shape index (κ1) is 15.7. The molecule has 0 aliphatic heterocycles. The molecule has 1 aromatic heterocycles. The summed E-state index contributed by atoms with van der Waals surface area (Å²) >= 11 is 3.19. The second kappa shape index (κ2) is 5.98. The van der Waals surface area contributed by atoms with Crippen molar-refractivity contribution in [1.82, 2.24) is 4.98 Å². The van der Waals surface area contributed by atoms with Crippen LogP contribution < -0.4 is 10.0 Å². The fourth-order valence-electron chi connectivity index (χ4n) is 1.72. The van der Waals surface area contributed by atoms with E-state index in [1.165, 1.54) is 24.4 Å². The van der Waals surface area contributed by atoms with Gasteiger partial charge in [0.1, 0.15) is 16.5 Å². The molecular weight excluding hydrogens is 361 g/mol. The van der Waals surface area contributed by atoms with Crippen LogP contribution in [0.5, 0.6) is 0 Å². The number of benzene rings is 1. The van der Waals surface area contributed by atoms with E-state index in [0.29, 0.717) is 10.0 Å². The van der Waals surface area contributed by atoms with Gasteiger partial charge in [-0.15, -0.1) is 0 Å². The van der Waals surface area contributed by atoms with E-state index in [0.717, 1.165) is 6.07 Å². The minimum atomic E-state index is -3.89. The van der Waals surface area contributed by atoms with E-state index in [1.54, 1.807) is 14.0 Å². The maximum absolute atomic E-state index is 13.3. The Morgan fingerprint density at radius 1 is 1.29 bits per heavy atom. The number of aryl methyl sites for hydroxylation is 1. The van der Waals surface area contributed by atoms with Crippen molar-refractivity contribution < 1.29 is 12.8 Å². The molecule has 1 heterocycles. The number of halogens is 2. The van der Waals surface area contributed by atoms with Crippen molar-refractivity contribution in [1.29, 1.82) is 0 Å². The molecule has 0 amide bonds. The molecule has 1 aromatic carbocycles. The zero-order chi connectivity index (χ0) is 15.6. The average Bonchev–Trinajstić information content (AvgIpc) is 2.42. The van der Waals surface area contributed by atoms with Crippen molar-refractivity contribution in [2.75, 3.05) is 17.1 Å². The predicted octanol–water partition coefficient (Wildman–Crippen LogP) is 3.13. The van der Waals surface area contributed by atoms with Gasteiger partial charge in [-0.05, 0) is 46.6 Å². The zero-order valence-electron chi connectivity index (χ0n) is 11.3. The Labute approximate surface area is 130 Å². The number of pyridine rings is 1. The van der Waals surface area contributed by atoms with Gasteiger partial charge in [-0.1, -0.05) is 6.07 Å². The van der Waals surface area contributed by atoms with Crippen molar-refractivity contribution in [3.05, 3.63) is 46.3 Å². The van der Waals surface area contributed by atoms with E-state index < -0.39 is 15.8 Å². The van der Waals surface area contributed by atoms with Crippen LogP contribution in [-0.4, -0.2) is 20.4 Å². The van der Waals surface area contributed by atoms with Crippen LogP contribution in [0.2, 0.25) is 0 Å². The number of hydrogen-bond donors (Lipinski definition) is 2. The lowest BCUT2D eigenvalue weighted by molar-refractivity contribution is 0.601. The maximum atomic E-state index is 13.3. The molecule has 0 spiro atoms. The highest BCUT2D eigenvalue weighted by molar-refractivity contribution is 9.10. The van der Waals surface area contributed by atoms with Gasteiger partial charge >= 0.3 is 0 Å². The summed E-state index contributed by atoms with van der Waals surface area (Å²) in [6, 6.07) is 5.34. The minimum absolute atomic E-state index is 0.0250.